The Morgan fingerprint density at radius 1 is 1.09 bits per heavy atom. The number of hydrogen-bond acceptors (Lipinski definition) is 4. The van der Waals surface area contributed by atoms with Crippen LogP contribution in [0.5, 0.6) is 5.75 Å². The minimum Gasteiger partial charge on any atom is -0.507 e. The van der Waals surface area contributed by atoms with E-state index in [2.05, 4.69) is 10.1 Å². The number of aromatic hydroxyl groups is 1. The van der Waals surface area contributed by atoms with Gasteiger partial charge in [0.15, 0.2) is 0 Å². The molecule has 0 fully saturated rings. The number of rotatable bonds is 3. The van der Waals surface area contributed by atoms with Gasteiger partial charge in [0.1, 0.15) is 17.3 Å². The van der Waals surface area contributed by atoms with Crippen LogP contribution in [0.25, 0.3) is 0 Å². The third-order valence-corrected chi connectivity index (χ3v) is 2.68. The molecule has 0 aliphatic heterocycles. The number of nitrogens with one attached hydrogen (secondary N) is 1. The van der Waals surface area contributed by atoms with Gasteiger partial charge in [0.25, 0.3) is 11.9 Å². The number of phenols is 1. The van der Waals surface area contributed by atoms with Gasteiger partial charge in [-0.25, -0.2) is 4.39 Å². The van der Waals surface area contributed by atoms with E-state index in [9.17, 15) is 27.1 Å². The first-order valence-corrected chi connectivity index (χ1v) is 5.80. The first-order valence-electron chi connectivity index (χ1n) is 5.80. The second-order valence-corrected chi connectivity index (χ2v) is 4.17. The van der Waals surface area contributed by atoms with Crippen LogP contribution in [0, 0.1) is 29.3 Å². The summed E-state index contributed by atoms with van der Waals surface area (Å²) in [5, 5.41) is 13.0. The van der Waals surface area contributed by atoms with Crippen molar-refractivity contribution in [2.45, 2.75) is 6.92 Å². The van der Waals surface area contributed by atoms with Gasteiger partial charge in [-0.2, -0.15) is 27.6 Å². The fourth-order valence-electron chi connectivity index (χ4n) is 1.58. The van der Waals surface area contributed by atoms with Crippen molar-refractivity contribution >= 4 is 11.4 Å². The predicted octanol–water partition coefficient (Wildman–Crippen LogP) is 3.32. The summed E-state index contributed by atoms with van der Waals surface area (Å²) in [4.78, 5) is 2.38. The summed E-state index contributed by atoms with van der Waals surface area (Å²) in [5.41, 5.74) is 0.456. The molecule has 1 heterocycles. The topological polar surface area (TPSA) is 57.5 Å². The molecule has 0 saturated heterocycles. The SMILES string of the molecule is C/C(=N\Nc1c(F)c(F)nc(F)c1F)c1cc(F)ccc1O. The smallest absolute Gasteiger partial charge is 0.254 e. The average molecular weight is 317 g/mol. The van der Waals surface area contributed by atoms with Crippen LogP contribution in [0.2, 0.25) is 0 Å². The Bertz CT molecular complexity index is 738. The van der Waals surface area contributed by atoms with Gasteiger partial charge in [-0.1, -0.05) is 0 Å². The van der Waals surface area contributed by atoms with E-state index in [4.69, 9.17) is 0 Å². The van der Waals surface area contributed by atoms with Crippen LogP contribution in [-0.2, 0) is 0 Å². The van der Waals surface area contributed by atoms with Crippen molar-refractivity contribution in [2.75, 3.05) is 5.43 Å². The summed E-state index contributed by atoms with van der Waals surface area (Å²) in [6, 6.07) is 2.97. The highest BCUT2D eigenvalue weighted by molar-refractivity contribution is 6.01. The monoisotopic (exact) mass is 317 g/mol. The van der Waals surface area contributed by atoms with E-state index in [1.165, 1.54) is 6.92 Å². The molecule has 0 aliphatic rings. The summed E-state index contributed by atoms with van der Waals surface area (Å²) in [7, 11) is 0. The van der Waals surface area contributed by atoms with E-state index in [1.54, 1.807) is 5.43 Å². The summed E-state index contributed by atoms with van der Waals surface area (Å²) >= 11 is 0. The number of hydrogen-bond donors (Lipinski definition) is 2. The Morgan fingerprint density at radius 3 is 2.27 bits per heavy atom. The summed E-state index contributed by atoms with van der Waals surface area (Å²) in [5.74, 6) is -8.23. The lowest BCUT2D eigenvalue weighted by molar-refractivity contribution is 0.411. The second kappa shape index (κ2) is 5.96. The molecule has 116 valence electrons. The van der Waals surface area contributed by atoms with E-state index in [1.807, 2.05) is 0 Å². The van der Waals surface area contributed by atoms with Crippen molar-refractivity contribution in [1.29, 1.82) is 0 Å². The van der Waals surface area contributed by atoms with Crippen LogP contribution in [0.1, 0.15) is 12.5 Å². The van der Waals surface area contributed by atoms with Crippen molar-refractivity contribution in [3.63, 3.8) is 0 Å². The molecule has 0 saturated carbocycles. The Balaban J connectivity index is 2.38. The maximum atomic E-state index is 13.4. The van der Waals surface area contributed by atoms with Crippen molar-refractivity contribution < 1.29 is 27.1 Å². The molecule has 2 rings (SSSR count). The number of halogens is 5. The second-order valence-electron chi connectivity index (χ2n) is 4.17. The maximum absolute atomic E-state index is 13.4. The lowest BCUT2D eigenvalue weighted by Gasteiger charge is -2.08. The molecule has 0 amide bonds. The summed E-state index contributed by atoms with van der Waals surface area (Å²) < 4.78 is 65.6. The molecule has 1 aromatic carbocycles. The van der Waals surface area contributed by atoms with Crippen LogP contribution >= 0.6 is 0 Å². The Morgan fingerprint density at radius 2 is 1.68 bits per heavy atom. The predicted molar refractivity (Wildman–Crippen MR) is 68.0 cm³/mol. The average Bonchev–Trinajstić information content (AvgIpc) is 2.47. The van der Waals surface area contributed by atoms with E-state index in [0.29, 0.717) is 0 Å². The standard InChI is InChI=1S/C13H8F5N3O/c1-5(7-4-6(14)2-3-8(7)22)20-21-11-9(15)12(17)19-13(18)10(11)16/h2-4,22H,1H3,(H,19,21)/b20-5+. The normalized spacial score (nSPS) is 11.6. The molecule has 4 nitrogen and oxygen atoms in total. The van der Waals surface area contributed by atoms with Gasteiger partial charge < -0.3 is 5.11 Å². The molecule has 22 heavy (non-hydrogen) atoms. The molecule has 0 unspecified atom stereocenters. The number of hydrazone groups is 1. The first-order chi connectivity index (χ1) is 10.3. The molecule has 9 heteroatoms. The number of benzene rings is 1. The quantitative estimate of drug-likeness (QED) is 0.395. The fraction of sp³-hybridized carbons (Fsp3) is 0.0769. The largest absolute Gasteiger partial charge is 0.507 e. The van der Waals surface area contributed by atoms with Gasteiger partial charge in [-0.3, -0.25) is 5.43 Å². The molecule has 0 radical (unpaired) electrons. The van der Waals surface area contributed by atoms with E-state index < -0.39 is 35.0 Å². The minimum atomic E-state index is -1.84. The zero-order valence-corrected chi connectivity index (χ0v) is 11.0. The van der Waals surface area contributed by atoms with Gasteiger partial charge in [0.2, 0.25) is 11.6 Å². The fourth-order valence-corrected chi connectivity index (χ4v) is 1.58. The molecule has 0 spiro atoms. The summed E-state index contributed by atoms with van der Waals surface area (Å²) in [6.07, 6.45) is 0. The van der Waals surface area contributed by atoms with Crippen molar-refractivity contribution in [3.8, 4) is 5.75 Å². The van der Waals surface area contributed by atoms with Gasteiger partial charge in [-0.15, -0.1) is 0 Å². The zero-order chi connectivity index (χ0) is 16.4. The first kappa shape index (κ1) is 15.7. The van der Waals surface area contributed by atoms with Gasteiger partial charge >= 0.3 is 0 Å². The number of nitrogens with zero attached hydrogens (tertiary/aromatic N) is 2. The number of phenolic OH excluding ortho intramolecular Hbond substituents is 1. The lowest BCUT2D eigenvalue weighted by Crippen LogP contribution is -2.08. The Labute approximate surface area is 120 Å². The van der Waals surface area contributed by atoms with Crippen LogP contribution in [0.4, 0.5) is 27.6 Å². The van der Waals surface area contributed by atoms with Crippen LogP contribution < -0.4 is 5.43 Å². The highest BCUT2D eigenvalue weighted by Gasteiger charge is 2.20. The van der Waals surface area contributed by atoms with Crippen LogP contribution in [0.3, 0.4) is 0 Å². The lowest BCUT2D eigenvalue weighted by atomic mass is 10.1. The molecular formula is C13H8F5N3O. The van der Waals surface area contributed by atoms with Crippen LogP contribution in [0.15, 0.2) is 23.3 Å². The van der Waals surface area contributed by atoms with Gasteiger partial charge in [0, 0.05) is 5.56 Å². The zero-order valence-electron chi connectivity index (χ0n) is 11.0. The Hall–Kier alpha value is -2.71. The highest BCUT2D eigenvalue weighted by Crippen LogP contribution is 2.23. The summed E-state index contributed by atoms with van der Waals surface area (Å²) in [6.45, 7) is 1.28. The van der Waals surface area contributed by atoms with Crippen molar-refractivity contribution in [1.82, 2.24) is 4.98 Å². The van der Waals surface area contributed by atoms with E-state index in [-0.39, 0.29) is 17.0 Å². The molecule has 2 N–H and O–H groups in total. The molecular weight excluding hydrogens is 309 g/mol. The molecule has 0 atom stereocenters. The van der Waals surface area contributed by atoms with Crippen molar-refractivity contribution in [2.24, 2.45) is 5.10 Å². The highest BCUT2D eigenvalue weighted by atomic mass is 19.2. The molecule has 0 bridgehead atoms. The molecule has 2 aromatic rings. The van der Waals surface area contributed by atoms with E-state index in [0.717, 1.165) is 18.2 Å². The maximum Gasteiger partial charge on any atom is 0.254 e. The third kappa shape index (κ3) is 2.97. The Kier molecular flexibility index (Phi) is 4.25. The molecule has 1 aromatic heterocycles. The number of anilines is 1. The van der Waals surface area contributed by atoms with E-state index >= 15 is 0 Å². The van der Waals surface area contributed by atoms with Gasteiger partial charge in [0.05, 0.1) is 5.71 Å². The van der Waals surface area contributed by atoms with Crippen LogP contribution in [-0.4, -0.2) is 15.8 Å². The van der Waals surface area contributed by atoms with Crippen molar-refractivity contribution in [3.05, 3.63) is 53.1 Å². The number of pyridine rings is 1. The number of aromatic nitrogens is 1. The minimum absolute atomic E-state index is 0.0664. The molecule has 0 aliphatic carbocycles. The third-order valence-electron chi connectivity index (χ3n) is 2.68. The van der Waals surface area contributed by atoms with Gasteiger partial charge in [-0.05, 0) is 25.1 Å².